The van der Waals surface area contributed by atoms with Crippen molar-refractivity contribution in [2.45, 2.75) is 57.3 Å². The topological polar surface area (TPSA) is 41.5 Å². The molecule has 2 unspecified atom stereocenters. The van der Waals surface area contributed by atoms with Crippen molar-refractivity contribution in [3.63, 3.8) is 0 Å². The molecule has 1 aliphatic carbocycles. The van der Waals surface area contributed by atoms with E-state index in [1.54, 1.807) is 0 Å². The maximum Gasteiger partial charge on any atom is 0.0898 e. The highest BCUT2D eigenvalue weighted by Gasteiger charge is 2.16. The molecule has 0 amide bonds. The fraction of sp³-hybridized carbons (Fsp3) is 0.647. The van der Waals surface area contributed by atoms with E-state index < -0.39 is 6.10 Å². The molecule has 1 fully saturated rings. The Bertz CT molecular complexity index is 421. The number of nitrogens with one attached hydrogen (secondary N) is 1. The number of hydrogen-bond acceptors (Lipinski definition) is 3. The van der Waals surface area contributed by atoms with Crippen LogP contribution in [-0.4, -0.2) is 30.5 Å². The maximum atomic E-state index is 10.0. The summed E-state index contributed by atoms with van der Waals surface area (Å²) >= 11 is 3.48. The van der Waals surface area contributed by atoms with Crippen LogP contribution in [0.25, 0.3) is 0 Å². The Morgan fingerprint density at radius 2 is 2.10 bits per heavy atom. The average Bonchev–Trinajstić information content (AvgIpc) is 2.51. The van der Waals surface area contributed by atoms with Gasteiger partial charge in [0.25, 0.3) is 0 Å². The van der Waals surface area contributed by atoms with Crippen LogP contribution in [0, 0.1) is 0 Å². The number of rotatable bonds is 7. The molecule has 2 N–H and O–H groups in total. The number of benzene rings is 1. The molecule has 118 valence electrons. The van der Waals surface area contributed by atoms with Gasteiger partial charge < -0.3 is 15.2 Å². The van der Waals surface area contributed by atoms with Crippen molar-refractivity contribution in [2.24, 2.45) is 0 Å². The van der Waals surface area contributed by atoms with E-state index in [0.29, 0.717) is 19.3 Å². The zero-order chi connectivity index (χ0) is 15.1. The quantitative estimate of drug-likeness (QED) is 0.781. The van der Waals surface area contributed by atoms with Gasteiger partial charge >= 0.3 is 0 Å². The van der Waals surface area contributed by atoms with E-state index in [1.165, 1.54) is 24.8 Å². The van der Waals surface area contributed by atoms with E-state index >= 15 is 0 Å². The fourth-order valence-electron chi connectivity index (χ4n) is 2.74. The first-order chi connectivity index (χ1) is 10.1. The van der Waals surface area contributed by atoms with Crippen LogP contribution in [0.2, 0.25) is 0 Å². The predicted molar refractivity (Wildman–Crippen MR) is 89.4 cm³/mol. The zero-order valence-corrected chi connectivity index (χ0v) is 14.3. The molecule has 0 saturated heterocycles. The van der Waals surface area contributed by atoms with Crippen LogP contribution in [0.4, 0.5) is 0 Å². The normalized spacial score (nSPS) is 19.4. The highest BCUT2D eigenvalue weighted by Crippen LogP contribution is 2.20. The van der Waals surface area contributed by atoms with Crippen molar-refractivity contribution in [1.82, 2.24) is 5.32 Å². The van der Waals surface area contributed by atoms with Gasteiger partial charge in [0, 0.05) is 17.1 Å². The minimum Gasteiger partial charge on any atom is -0.389 e. The van der Waals surface area contributed by atoms with E-state index in [1.807, 2.05) is 12.1 Å². The van der Waals surface area contributed by atoms with E-state index in [2.05, 4.69) is 40.3 Å². The van der Waals surface area contributed by atoms with Gasteiger partial charge in [-0.2, -0.15) is 0 Å². The summed E-state index contributed by atoms with van der Waals surface area (Å²) in [6.07, 6.45) is 6.06. The maximum absolute atomic E-state index is 10.0. The third kappa shape index (κ3) is 6.07. The molecule has 1 aromatic rings. The Hall–Kier alpha value is -0.420. The summed E-state index contributed by atoms with van der Waals surface area (Å²) < 4.78 is 6.88. The van der Waals surface area contributed by atoms with Crippen LogP contribution in [0.15, 0.2) is 28.7 Å². The van der Waals surface area contributed by atoms with Gasteiger partial charge in [-0.1, -0.05) is 47.3 Å². The Morgan fingerprint density at radius 3 is 2.81 bits per heavy atom. The van der Waals surface area contributed by atoms with Gasteiger partial charge in [0.05, 0.1) is 18.8 Å². The average molecular weight is 356 g/mol. The van der Waals surface area contributed by atoms with Crippen molar-refractivity contribution < 1.29 is 9.84 Å². The summed E-state index contributed by atoms with van der Waals surface area (Å²) in [6.45, 7) is 3.10. The number of ether oxygens (including phenoxy) is 1. The Balaban J connectivity index is 1.67. The summed E-state index contributed by atoms with van der Waals surface area (Å²) in [5.41, 5.74) is 1.21. The minimum atomic E-state index is -0.443. The van der Waals surface area contributed by atoms with Crippen LogP contribution >= 0.6 is 15.9 Å². The molecular formula is C17H26BrNO2. The molecule has 2 atom stereocenters. The summed E-state index contributed by atoms with van der Waals surface area (Å²) in [4.78, 5) is 0. The van der Waals surface area contributed by atoms with E-state index in [9.17, 15) is 5.11 Å². The lowest BCUT2D eigenvalue weighted by atomic mass is 9.98. The number of aliphatic hydroxyl groups excluding tert-OH is 1. The Morgan fingerprint density at radius 1 is 1.33 bits per heavy atom. The largest absolute Gasteiger partial charge is 0.389 e. The third-order valence-corrected chi connectivity index (χ3v) is 4.58. The van der Waals surface area contributed by atoms with Crippen molar-refractivity contribution in [2.75, 3.05) is 13.2 Å². The molecule has 1 saturated carbocycles. The molecule has 0 aromatic heterocycles. The summed E-state index contributed by atoms with van der Waals surface area (Å²) in [5, 5.41) is 13.4. The Labute approximate surface area is 136 Å². The molecular weight excluding hydrogens is 330 g/mol. The van der Waals surface area contributed by atoms with Crippen LogP contribution in [0.5, 0.6) is 0 Å². The lowest BCUT2D eigenvalue weighted by Gasteiger charge is -2.24. The third-order valence-electron chi connectivity index (χ3n) is 4.08. The molecule has 4 heteroatoms. The van der Waals surface area contributed by atoms with Crippen LogP contribution in [-0.2, 0) is 4.74 Å². The summed E-state index contributed by atoms with van der Waals surface area (Å²) in [5.74, 6) is 0. The monoisotopic (exact) mass is 355 g/mol. The summed E-state index contributed by atoms with van der Waals surface area (Å²) in [6, 6.07) is 8.45. The van der Waals surface area contributed by atoms with Gasteiger partial charge in [-0.05, 0) is 37.5 Å². The second-order valence-electron chi connectivity index (χ2n) is 5.93. The van der Waals surface area contributed by atoms with Crippen LogP contribution in [0.1, 0.15) is 50.6 Å². The lowest BCUT2D eigenvalue weighted by Crippen LogP contribution is -2.33. The van der Waals surface area contributed by atoms with E-state index in [4.69, 9.17) is 4.74 Å². The standard InChI is InChI=1S/C17H26BrNO2/c1-13(14-6-5-7-15(18)10-14)19-11-16(20)12-21-17-8-3-2-4-9-17/h5-7,10,13,16-17,19-20H,2-4,8-9,11-12H2,1H3. The Kier molecular flexibility index (Phi) is 7.17. The van der Waals surface area contributed by atoms with Gasteiger partial charge in [0.15, 0.2) is 0 Å². The van der Waals surface area contributed by atoms with Crippen molar-refractivity contribution in [3.8, 4) is 0 Å². The highest BCUT2D eigenvalue weighted by molar-refractivity contribution is 9.10. The first-order valence-electron chi connectivity index (χ1n) is 7.93. The van der Waals surface area contributed by atoms with Crippen LogP contribution < -0.4 is 5.32 Å². The van der Waals surface area contributed by atoms with Crippen LogP contribution in [0.3, 0.4) is 0 Å². The second kappa shape index (κ2) is 8.89. The first kappa shape index (κ1) is 16.9. The first-order valence-corrected chi connectivity index (χ1v) is 8.73. The van der Waals surface area contributed by atoms with Gasteiger partial charge in [-0.3, -0.25) is 0 Å². The summed E-state index contributed by atoms with van der Waals surface area (Å²) in [7, 11) is 0. The molecule has 3 nitrogen and oxygen atoms in total. The van der Waals surface area contributed by atoms with E-state index in [0.717, 1.165) is 17.3 Å². The van der Waals surface area contributed by atoms with Crippen molar-refractivity contribution in [3.05, 3.63) is 34.3 Å². The van der Waals surface area contributed by atoms with Gasteiger partial charge in [0.2, 0.25) is 0 Å². The lowest BCUT2D eigenvalue weighted by molar-refractivity contribution is -0.0235. The fourth-order valence-corrected chi connectivity index (χ4v) is 3.16. The van der Waals surface area contributed by atoms with Gasteiger partial charge in [0.1, 0.15) is 0 Å². The van der Waals surface area contributed by atoms with Gasteiger partial charge in [-0.15, -0.1) is 0 Å². The number of hydrogen-bond donors (Lipinski definition) is 2. The molecule has 1 aromatic carbocycles. The zero-order valence-electron chi connectivity index (χ0n) is 12.7. The molecule has 0 spiro atoms. The molecule has 2 rings (SSSR count). The van der Waals surface area contributed by atoms with E-state index in [-0.39, 0.29) is 6.04 Å². The van der Waals surface area contributed by atoms with Crippen molar-refractivity contribution >= 4 is 15.9 Å². The molecule has 0 bridgehead atoms. The number of halogens is 1. The SMILES string of the molecule is CC(NCC(O)COC1CCCCC1)c1cccc(Br)c1. The predicted octanol–water partition coefficient (Wildman–Crippen LogP) is 3.81. The van der Waals surface area contributed by atoms with Gasteiger partial charge in [-0.25, -0.2) is 0 Å². The minimum absolute atomic E-state index is 0.215. The second-order valence-corrected chi connectivity index (χ2v) is 6.85. The molecule has 21 heavy (non-hydrogen) atoms. The highest BCUT2D eigenvalue weighted by atomic mass is 79.9. The molecule has 0 aliphatic heterocycles. The smallest absolute Gasteiger partial charge is 0.0898 e. The number of aliphatic hydroxyl groups is 1. The molecule has 1 aliphatic rings. The molecule has 0 heterocycles. The molecule has 0 radical (unpaired) electrons. The van der Waals surface area contributed by atoms with Crippen molar-refractivity contribution in [1.29, 1.82) is 0 Å².